The smallest absolute Gasteiger partial charge is 0.0914 e. The van der Waals surface area contributed by atoms with Gasteiger partial charge in [-0.15, -0.1) is 0 Å². The summed E-state index contributed by atoms with van der Waals surface area (Å²) in [5, 5.41) is 17.8. The molecule has 2 rings (SSSR count). The van der Waals surface area contributed by atoms with E-state index in [1.54, 1.807) is 0 Å². The minimum Gasteiger partial charge on any atom is -0.387 e. The largest absolute Gasteiger partial charge is 0.387 e. The number of hydrogen-bond acceptors (Lipinski definition) is 3. The Morgan fingerprint density at radius 1 is 1.35 bits per heavy atom. The number of benzene rings is 1. The Morgan fingerprint density at radius 2 is 2.05 bits per heavy atom. The summed E-state index contributed by atoms with van der Waals surface area (Å²) < 4.78 is 3.02. The Bertz CT molecular complexity index is 554. The van der Waals surface area contributed by atoms with Crippen molar-refractivity contribution < 1.29 is 5.11 Å². The van der Waals surface area contributed by atoms with Gasteiger partial charge in [-0.2, -0.15) is 5.10 Å². The number of hydrogen-bond donors (Lipinski definition) is 2. The van der Waals surface area contributed by atoms with E-state index >= 15 is 0 Å². The van der Waals surface area contributed by atoms with Crippen LogP contribution in [0.3, 0.4) is 0 Å². The Balaban J connectivity index is 1.93. The lowest BCUT2D eigenvalue weighted by Gasteiger charge is -2.13. The molecule has 1 aromatic heterocycles. The van der Waals surface area contributed by atoms with E-state index in [1.807, 2.05) is 41.9 Å². The Morgan fingerprint density at radius 3 is 2.70 bits per heavy atom. The highest BCUT2D eigenvalue weighted by molar-refractivity contribution is 9.10. The van der Waals surface area contributed by atoms with E-state index in [0.29, 0.717) is 13.1 Å². The third kappa shape index (κ3) is 3.48. The van der Waals surface area contributed by atoms with Crippen molar-refractivity contribution >= 4 is 15.9 Å². The van der Waals surface area contributed by atoms with Crippen molar-refractivity contribution in [3.8, 4) is 0 Å². The van der Waals surface area contributed by atoms with Crippen LogP contribution in [0.4, 0.5) is 0 Å². The van der Waals surface area contributed by atoms with Gasteiger partial charge in [-0.25, -0.2) is 0 Å². The minimum absolute atomic E-state index is 0.492. The number of nitrogens with zero attached hydrogens (tertiary/aromatic N) is 2. The van der Waals surface area contributed by atoms with Crippen LogP contribution in [-0.2, 0) is 13.1 Å². The number of aryl methyl sites for hydroxylation is 2. The summed E-state index contributed by atoms with van der Waals surface area (Å²) in [6.07, 6.45) is -0.492. The summed E-state index contributed by atoms with van der Waals surface area (Å²) in [4.78, 5) is 0. The second kappa shape index (κ2) is 7.02. The van der Waals surface area contributed by atoms with E-state index in [-0.39, 0.29) is 0 Å². The van der Waals surface area contributed by atoms with Gasteiger partial charge >= 0.3 is 0 Å². The lowest BCUT2D eigenvalue weighted by Crippen LogP contribution is -2.22. The van der Waals surface area contributed by atoms with Crippen molar-refractivity contribution in [1.82, 2.24) is 15.1 Å². The third-order valence-corrected chi connectivity index (χ3v) is 4.30. The van der Waals surface area contributed by atoms with Crippen LogP contribution in [0, 0.1) is 6.92 Å². The van der Waals surface area contributed by atoms with Crippen LogP contribution in [0.15, 0.2) is 34.8 Å². The maximum absolute atomic E-state index is 10.1. The van der Waals surface area contributed by atoms with Crippen LogP contribution in [0.5, 0.6) is 0 Å². The van der Waals surface area contributed by atoms with Crippen molar-refractivity contribution in [1.29, 1.82) is 0 Å². The minimum atomic E-state index is -0.492. The van der Waals surface area contributed by atoms with Gasteiger partial charge in [0.15, 0.2) is 0 Å². The van der Waals surface area contributed by atoms with Gasteiger partial charge in [0.25, 0.3) is 0 Å². The molecule has 1 heterocycles. The number of halogens is 1. The molecule has 1 aromatic carbocycles. The molecule has 0 saturated heterocycles. The average Bonchev–Trinajstić information content (AvgIpc) is 2.75. The number of aliphatic hydroxyl groups is 1. The monoisotopic (exact) mass is 337 g/mol. The molecule has 108 valence electrons. The van der Waals surface area contributed by atoms with Crippen LogP contribution >= 0.6 is 15.9 Å². The number of aromatic nitrogens is 2. The first-order valence-electron chi connectivity index (χ1n) is 6.79. The first kappa shape index (κ1) is 15.2. The van der Waals surface area contributed by atoms with Crippen molar-refractivity contribution in [2.45, 2.75) is 33.0 Å². The van der Waals surface area contributed by atoms with Gasteiger partial charge < -0.3 is 10.4 Å². The van der Waals surface area contributed by atoms with Gasteiger partial charge in [0, 0.05) is 19.6 Å². The number of rotatable bonds is 6. The fraction of sp³-hybridized carbons (Fsp3) is 0.400. The first-order chi connectivity index (χ1) is 9.63. The molecule has 5 heteroatoms. The predicted molar refractivity (Wildman–Crippen MR) is 83.4 cm³/mol. The lowest BCUT2D eigenvalue weighted by atomic mass is 10.1. The maximum atomic E-state index is 10.1. The molecular formula is C15H20BrN3O. The summed E-state index contributed by atoms with van der Waals surface area (Å²) in [7, 11) is 0. The summed E-state index contributed by atoms with van der Waals surface area (Å²) in [5.74, 6) is 0. The molecule has 2 N–H and O–H groups in total. The average molecular weight is 338 g/mol. The standard InChI is InChI=1S/C15H20BrN3O/c1-3-19-13(15(16)11(2)18-19)9-17-10-14(20)12-7-5-4-6-8-12/h4-8,14,17,20H,3,9-10H2,1-2H3. The summed E-state index contributed by atoms with van der Waals surface area (Å²) in [6.45, 7) is 6.09. The molecule has 0 aliphatic carbocycles. The van der Waals surface area contributed by atoms with Crippen LogP contribution in [0.2, 0.25) is 0 Å². The van der Waals surface area contributed by atoms with Crippen LogP contribution in [0.1, 0.15) is 30.0 Å². The van der Waals surface area contributed by atoms with E-state index in [9.17, 15) is 5.11 Å². The fourth-order valence-corrected chi connectivity index (χ4v) is 2.58. The number of nitrogens with one attached hydrogen (secondary N) is 1. The van der Waals surface area contributed by atoms with Crippen LogP contribution < -0.4 is 5.32 Å². The normalized spacial score (nSPS) is 12.6. The Labute approximate surface area is 127 Å². The van der Waals surface area contributed by atoms with Crippen molar-refractivity contribution in [2.24, 2.45) is 0 Å². The molecule has 0 amide bonds. The van der Waals surface area contributed by atoms with Gasteiger partial charge in [-0.1, -0.05) is 30.3 Å². The van der Waals surface area contributed by atoms with Crippen molar-refractivity contribution in [3.05, 3.63) is 51.8 Å². The highest BCUT2D eigenvalue weighted by Gasteiger charge is 2.12. The van der Waals surface area contributed by atoms with Crippen molar-refractivity contribution in [2.75, 3.05) is 6.54 Å². The topological polar surface area (TPSA) is 50.1 Å². The summed E-state index contributed by atoms with van der Waals surface area (Å²) >= 11 is 3.57. The van der Waals surface area contributed by atoms with Gasteiger partial charge in [0.05, 0.1) is 22.0 Å². The molecule has 20 heavy (non-hydrogen) atoms. The Hall–Kier alpha value is -1.17. The molecule has 1 atom stereocenters. The fourth-order valence-electron chi connectivity index (χ4n) is 2.16. The lowest BCUT2D eigenvalue weighted by molar-refractivity contribution is 0.174. The molecule has 0 aliphatic heterocycles. The second-order valence-corrected chi connectivity index (χ2v) is 5.51. The van der Waals surface area contributed by atoms with E-state index in [0.717, 1.165) is 28.0 Å². The zero-order valence-corrected chi connectivity index (χ0v) is 13.4. The van der Waals surface area contributed by atoms with Gasteiger partial charge in [-0.3, -0.25) is 4.68 Å². The van der Waals surface area contributed by atoms with E-state index in [2.05, 4.69) is 33.3 Å². The highest BCUT2D eigenvalue weighted by Crippen LogP contribution is 2.21. The Kier molecular flexibility index (Phi) is 5.34. The van der Waals surface area contributed by atoms with E-state index in [4.69, 9.17) is 0 Å². The highest BCUT2D eigenvalue weighted by atomic mass is 79.9. The van der Waals surface area contributed by atoms with E-state index in [1.165, 1.54) is 0 Å². The van der Waals surface area contributed by atoms with Gasteiger partial charge in [0.2, 0.25) is 0 Å². The summed E-state index contributed by atoms with van der Waals surface area (Å²) in [6, 6.07) is 9.68. The zero-order valence-electron chi connectivity index (χ0n) is 11.8. The summed E-state index contributed by atoms with van der Waals surface area (Å²) in [5.41, 5.74) is 3.04. The van der Waals surface area contributed by atoms with Crippen molar-refractivity contribution in [3.63, 3.8) is 0 Å². The third-order valence-electron chi connectivity index (χ3n) is 3.27. The van der Waals surface area contributed by atoms with E-state index < -0.39 is 6.10 Å². The second-order valence-electron chi connectivity index (χ2n) is 4.72. The molecule has 0 bridgehead atoms. The maximum Gasteiger partial charge on any atom is 0.0914 e. The quantitative estimate of drug-likeness (QED) is 0.852. The number of aliphatic hydroxyl groups excluding tert-OH is 1. The first-order valence-corrected chi connectivity index (χ1v) is 7.58. The SMILES string of the molecule is CCn1nc(C)c(Br)c1CNCC(O)c1ccccc1. The molecule has 0 saturated carbocycles. The van der Waals surface area contributed by atoms with Crippen LogP contribution in [-0.4, -0.2) is 21.4 Å². The zero-order chi connectivity index (χ0) is 14.5. The molecule has 1 unspecified atom stereocenters. The molecule has 0 spiro atoms. The molecular weight excluding hydrogens is 318 g/mol. The van der Waals surface area contributed by atoms with Gasteiger partial charge in [-0.05, 0) is 35.3 Å². The predicted octanol–water partition coefficient (Wildman–Crippen LogP) is 2.80. The molecule has 2 aromatic rings. The van der Waals surface area contributed by atoms with Gasteiger partial charge in [0.1, 0.15) is 0 Å². The van der Waals surface area contributed by atoms with Crippen LogP contribution in [0.25, 0.3) is 0 Å². The molecule has 0 fully saturated rings. The molecule has 4 nitrogen and oxygen atoms in total. The molecule has 0 radical (unpaired) electrons. The molecule has 0 aliphatic rings.